The Kier molecular flexibility index (Phi) is 19.8. The molecule has 0 aromatic heterocycles. The molecule has 0 bridgehead atoms. The molecular weight excluding hydrogens is 838 g/mol. The maximum Gasteiger partial charge on any atom is 0.314 e. The van der Waals surface area contributed by atoms with E-state index in [0.29, 0.717) is 41.4 Å². The minimum Gasteiger partial charge on any atom is -1.00 e. The van der Waals surface area contributed by atoms with Crippen LogP contribution in [0.3, 0.4) is 0 Å². The summed E-state index contributed by atoms with van der Waals surface area (Å²) in [6.07, 6.45) is 4.36. The first kappa shape index (κ1) is 53.0. The van der Waals surface area contributed by atoms with Crippen LogP contribution in [0, 0.1) is 23.7 Å². The van der Waals surface area contributed by atoms with Gasteiger partial charge < -0.3 is 52.3 Å². The van der Waals surface area contributed by atoms with Crippen LogP contribution in [0.2, 0.25) is 0 Å². The van der Waals surface area contributed by atoms with Crippen molar-refractivity contribution in [1.82, 2.24) is 10.2 Å². The number of benzene rings is 4. The zero-order chi connectivity index (χ0) is 46.5. The molecule has 5 N–H and O–H groups in total. The van der Waals surface area contributed by atoms with Crippen molar-refractivity contribution in [2.45, 2.75) is 89.9 Å². The van der Waals surface area contributed by atoms with Crippen molar-refractivity contribution in [2.75, 3.05) is 66.6 Å². The van der Waals surface area contributed by atoms with E-state index in [1.54, 1.807) is 18.2 Å². The van der Waals surface area contributed by atoms with Crippen molar-refractivity contribution < 1.29 is 51.7 Å². The summed E-state index contributed by atoms with van der Waals surface area (Å²) >= 11 is 0. The Morgan fingerprint density at radius 3 is 1.74 bits per heavy atom. The molecule has 65 heavy (non-hydrogen) atoms. The number of nitrogens with zero attached hydrogens (tertiary/aromatic N) is 1. The molecule has 8 atom stereocenters. The van der Waals surface area contributed by atoms with E-state index in [4.69, 9.17) is 9.47 Å². The van der Waals surface area contributed by atoms with Gasteiger partial charge in [0.2, 0.25) is 0 Å². The number of aromatic hydroxyl groups is 3. The number of piperidine rings is 3. The maximum atomic E-state index is 12.4. The Hall–Kier alpha value is -4.61. The largest absolute Gasteiger partial charge is 1.00 e. The first-order valence-corrected chi connectivity index (χ1v) is 23.3. The number of ether oxygens (including phenoxy) is 2. The molecule has 4 aromatic carbocycles. The highest BCUT2D eigenvalue weighted by Gasteiger charge is 2.42. The standard InChI is InChI=1S/C24H31NO3.C17H25NO3.C13H19NO.ClH/c1-18-16-25(13-12-24(18,2)21-10-7-11-22(26)15-21)17-20(23(27)28-3)14-19-8-5-4-6-9-19;1-13-12-18(9-7-16(20)21-3)10-8-17(13,2)14-5-4-6-15(19)11-14;1-10-9-14-7-6-13(10,2)11-4-3-5-12(15)8-11;/h4-11,15,18,20,26H,12-14,16-17H2,1-3H3;4-6,11,13,19H,7-10,12H2,1-3H3;3-5,8,10,14-15H,6-7,9H2,1-2H3;1H/t18-,20?,24+;13-,17+;10-,13+;/m000./s1. The van der Waals surface area contributed by atoms with Gasteiger partial charge in [-0.25, -0.2) is 0 Å². The Bertz CT molecular complexity index is 2110. The lowest BCUT2D eigenvalue weighted by atomic mass is 9.68. The number of phenolic OH excluding ortho intramolecular Hbond substituents is 3. The number of carbonyl (C=O) groups is 2. The molecule has 0 saturated carbocycles. The van der Waals surface area contributed by atoms with Gasteiger partial charge >= 0.3 is 11.9 Å². The summed E-state index contributed by atoms with van der Waals surface area (Å²) in [6, 6.07) is 33.1. The number of esters is 2. The van der Waals surface area contributed by atoms with Crippen LogP contribution in [0.5, 0.6) is 17.2 Å². The molecule has 4 aromatic rings. The van der Waals surface area contributed by atoms with E-state index >= 15 is 0 Å². The third-order valence-electron chi connectivity index (χ3n) is 15.4. The van der Waals surface area contributed by atoms with Gasteiger partial charge in [-0.3, -0.25) is 9.59 Å². The molecule has 7 rings (SSSR count). The van der Waals surface area contributed by atoms with Gasteiger partial charge in [0.1, 0.15) is 23.2 Å². The van der Waals surface area contributed by atoms with Gasteiger partial charge in [-0.1, -0.05) is 108 Å². The second-order valence-electron chi connectivity index (χ2n) is 19.5. The fraction of sp³-hybridized carbons (Fsp3) is 0.519. The zero-order valence-electron chi connectivity index (χ0n) is 40.1. The molecule has 10 nitrogen and oxygen atoms in total. The van der Waals surface area contributed by atoms with Crippen molar-refractivity contribution >= 4 is 11.9 Å². The lowest BCUT2D eigenvalue weighted by Crippen LogP contribution is -3.15. The van der Waals surface area contributed by atoms with Crippen LogP contribution in [-0.2, 0) is 41.7 Å². The average Bonchev–Trinajstić information content (AvgIpc) is 3.29. The summed E-state index contributed by atoms with van der Waals surface area (Å²) in [6.45, 7) is 21.3. The number of rotatable bonds is 11. The predicted octanol–water partition coefficient (Wildman–Crippen LogP) is 4.44. The van der Waals surface area contributed by atoms with Crippen molar-refractivity contribution in [2.24, 2.45) is 23.7 Å². The molecule has 3 saturated heterocycles. The average molecular weight is 915 g/mol. The maximum absolute atomic E-state index is 12.4. The molecule has 0 aliphatic carbocycles. The zero-order valence-corrected chi connectivity index (χ0v) is 40.9. The Balaban J connectivity index is 0.000000222. The highest BCUT2D eigenvalue weighted by Crippen LogP contribution is 2.41. The Morgan fingerprint density at radius 1 is 0.723 bits per heavy atom. The number of phenols is 3. The first-order chi connectivity index (χ1) is 30.5. The lowest BCUT2D eigenvalue weighted by Gasteiger charge is -2.45. The van der Waals surface area contributed by atoms with Gasteiger partial charge in [0, 0.05) is 30.8 Å². The number of methoxy groups -OCH3 is 2. The van der Waals surface area contributed by atoms with E-state index in [1.165, 1.54) is 41.4 Å². The van der Waals surface area contributed by atoms with Crippen LogP contribution in [0.4, 0.5) is 0 Å². The second-order valence-corrected chi connectivity index (χ2v) is 19.5. The highest BCUT2D eigenvalue weighted by atomic mass is 35.5. The number of hydrogen-bond acceptors (Lipinski definition) is 9. The van der Waals surface area contributed by atoms with Crippen LogP contribution in [0.15, 0.2) is 103 Å². The Labute approximate surface area is 395 Å². The number of quaternary nitrogens is 1. The minimum atomic E-state index is -0.149. The third-order valence-corrected chi connectivity index (χ3v) is 15.4. The van der Waals surface area contributed by atoms with Gasteiger partial charge in [0.05, 0.1) is 40.3 Å². The molecule has 3 fully saturated rings. The smallest absolute Gasteiger partial charge is 0.314 e. The number of likely N-dealkylation sites (tertiary alicyclic amines) is 2. The SMILES string of the molecule is COC(=O)C(Cc1ccccc1)C[NH+]1CC[C@@](C)(c2cccc(O)c2)[C@@H](C)C1.COC(=O)CCN1CC[C@@](C)(c2cccc(O)c2)[C@@H](C)C1.C[C@H]1CNCC[C@@]1(C)c1cccc(O)c1.[Cl-]. The molecule has 3 aliphatic rings. The third kappa shape index (κ3) is 14.0. The summed E-state index contributed by atoms with van der Waals surface area (Å²) in [5.74, 6) is 2.16. The molecule has 356 valence electrons. The van der Waals surface area contributed by atoms with Crippen molar-refractivity contribution in [1.29, 1.82) is 0 Å². The fourth-order valence-electron chi connectivity index (χ4n) is 10.2. The quantitative estimate of drug-likeness (QED) is 0.139. The van der Waals surface area contributed by atoms with Crippen LogP contribution in [-0.4, -0.2) is 98.7 Å². The molecule has 11 heteroatoms. The van der Waals surface area contributed by atoms with Crippen LogP contribution < -0.4 is 22.6 Å². The van der Waals surface area contributed by atoms with E-state index in [9.17, 15) is 24.9 Å². The van der Waals surface area contributed by atoms with E-state index in [0.717, 1.165) is 78.0 Å². The molecule has 3 heterocycles. The van der Waals surface area contributed by atoms with E-state index in [1.807, 2.05) is 54.6 Å². The van der Waals surface area contributed by atoms with Gasteiger partial charge in [-0.05, 0) is 120 Å². The molecule has 2 unspecified atom stereocenters. The van der Waals surface area contributed by atoms with E-state index in [2.05, 4.69) is 82.1 Å². The van der Waals surface area contributed by atoms with Crippen LogP contribution in [0.1, 0.15) is 89.5 Å². The van der Waals surface area contributed by atoms with E-state index < -0.39 is 0 Å². The van der Waals surface area contributed by atoms with Crippen molar-refractivity contribution in [3.05, 3.63) is 125 Å². The van der Waals surface area contributed by atoms with Gasteiger partial charge in [-0.2, -0.15) is 0 Å². The van der Waals surface area contributed by atoms with Gasteiger partial charge in [0.15, 0.2) is 0 Å². The molecule has 3 aliphatic heterocycles. The summed E-state index contributed by atoms with van der Waals surface area (Å²) in [5.41, 5.74) is 5.14. The molecule has 0 spiro atoms. The van der Waals surface area contributed by atoms with Crippen molar-refractivity contribution in [3.63, 3.8) is 0 Å². The number of carbonyl (C=O) groups excluding carboxylic acids is 2. The predicted molar refractivity (Wildman–Crippen MR) is 255 cm³/mol. The fourth-order valence-corrected chi connectivity index (χ4v) is 10.2. The minimum absolute atomic E-state index is 0. The second kappa shape index (κ2) is 24.2. The highest BCUT2D eigenvalue weighted by molar-refractivity contribution is 5.72. The number of nitrogens with one attached hydrogen (secondary N) is 2. The van der Waals surface area contributed by atoms with Crippen LogP contribution >= 0.6 is 0 Å². The topological polar surface area (TPSA) is 133 Å². The summed E-state index contributed by atoms with van der Waals surface area (Å²) < 4.78 is 9.79. The monoisotopic (exact) mass is 914 g/mol. The van der Waals surface area contributed by atoms with Gasteiger partial charge in [0.25, 0.3) is 0 Å². The lowest BCUT2D eigenvalue weighted by molar-refractivity contribution is -0.912. The molecular formula is C54H76ClN3O7. The van der Waals surface area contributed by atoms with Crippen LogP contribution in [0.25, 0.3) is 0 Å². The first-order valence-electron chi connectivity index (χ1n) is 23.3. The van der Waals surface area contributed by atoms with E-state index in [-0.39, 0.29) is 46.5 Å². The Morgan fingerprint density at radius 2 is 1.26 bits per heavy atom. The number of hydrogen-bond donors (Lipinski definition) is 5. The summed E-state index contributed by atoms with van der Waals surface area (Å²) in [5, 5.41) is 32.5. The molecule has 0 radical (unpaired) electrons. The summed E-state index contributed by atoms with van der Waals surface area (Å²) in [7, 11) is 2.91. The summed E-state index contributed by atoms with van der Waals surface area (Å²) in [4.78, 5) is 27.4. The van der Waals surface area contributed by atoms with Crippen molar-refractivity contribution in [3.8, 4) is 17.2 Å². The number of halogens is 1. The normalized spacial score (nSPS) is 27.0. The molecule has 0 amide bonds. The van der Waals surface area contributed by atoms with Gasteiger partial charge in [-0.15, -0.1) is 0 Å².